The molecule has 1 aromatic heterocycles. The number of carbonyl (C=O) groups is 2. The minimum atomic E-state index is -4.91. The van der Waals surface area contributed by atoms with E-state index in [0.717, 1.165) is 0 Å². The van der Waals surface area contributed by atoms with Crippen LogP contribution in [0.3, 0.4) is 0 Å². The molecule has 3 aromatic rings. The molecule has 2 heterocycles. The van der Waals surface area contributed by atoms with Gasteiger partial charge in [0, 0.05) is 24.2 Å². The monoisotopic (exact) mass is 460 g/mol. The molecule has 11 heteroatoms. The van der Waals surface area contributed by atoms with E-state index in [4.69, 9.17) is 4.74 Å². The summed E-state index contributed by atoms with van der Waals surface area (Å²) < 4.78 is 48.1. The van der Waals surface area contributed by atoms with Crippen LogP contribution in [0, 0.1) is 0 Å². The number of methoxy groups -OCH3 is 1. The molecule has 0 saturated carbocycles. The summed E-state index contributed by atoms with van der Waals surface area (Å²) in [6.45, 7) is 0.187. The number of esters is 1. The van der Waals surface area contributed by atoms with E-state index in [1.165, 1.54) is 48.7 Å². The van der Waals surface area contributed by atoms with Crippen molar-refractivity contribution in [3.05, 3.63) is 77.4 Å². The van der Waals surface area contributed by atoms with Gasteiger partial charge in [0.25, 0.3) is 0 Å². The Bertz CT molecular complexity index is 1180. The number of amides is 2. The molecular formula is C22H19F3N4O4. The van der Waals surface area contributed by atoms with Crippen molar-refractivity contribution in [3.8, 4) is 5.75 Å². The summed E-state index contributed by atoms with van der Waals surface area (Å²) >= 11 is 0. The Morgan fingerprint density at radius 3 is 2.64 bits per heavy atom. The van der Waals surface area contributed by atoms with Gasteiger partial charge >= 0.3 is 18.4 Å². The number of hydrogen-bond donors (Lipinski definition) is 2. The molecule has 1 aliphatic heterocycles. The third-order valence-electron chi connectivity index (χ3n) is 5.20. The van der Waals surface area contributed by atoms with Crippen LogP contribution in [0.1, 0.15) is 33.4 Å². The SMILES string of the molecule is COC(=O)c1ccccc1NC(=O)N1CCc2[nH]cnc2C1c1ccccc1OC(F)(F)F. The Labute approximate surface area is 186 Å². The lowest BCUT2D eigenvalue weighted by atomic mass is 9.95. The minimum Gasteiger partial charge on any atom is -0.465 e. The smallest absolute Gasteiger partial charge is 0.465 e. The number of benzene rings is 2. The van der Waals surface area contributed by atoms with Gasteiger partial charge in [-0.3, -0.25) is 0 Å². The van der Waals surface area contributed by atoms with E-state index in [0.29, 0.717) is 17.8 Å². The first kappa shape index (κ1) is 22.2. The average Bonchev–Trinajstić information content (AvgIpc) is 3.26. The summed E-state index contributed by atoms with van der Waals surface area (Å²) in [4.78, 5) is 34.0. The quantitative estimate of drug-likeness (QED) is 0.567. The van der Waals surface area contributed by atoms with Gasteiger partial charge in [0.1, 0.15) is 11.8 Å². The number of ether oxygens (including phenoxy) is 2. The van der Waals surface area contributed by atoms with E-state index in [-0.39, 0.29) is 23.4 Å². The van der Waals surface area contributed by atoms with Crippen LogP contribution in [0.5, 0.6) is 5.75 Å². The molecule has 1 atom stereocenters. The standard InChI is InChI=1S/C22H19F3N4O4/c1-32-20(30)13-6-2-4-8-15(13)28-21(31)29-11-10-16-18(27-12-26-16)19(29)14-7-3-5-9-17(14)33-22(23,24)25/h2-9,12,19H,10-11H2,1H3,(H,26,27)(H,28,31). The lowest BCUT2D eigenvalue weighted by molar-refractivity contribution is -0.275. The van der Waals surface area contributed by atoms with Crippen LogP contribution in [-0.4, -0.2) is 46.9 Å². The van der Waals surface area contributed by atoms with Crippen molar-refractivity contribution in [2.45, 2.75) is 18.8 Å². The molecule has 8 nitrogen and oxygen atoms in total. The number of anilines is 1. The molecule has 2 N–H and O–H groups in total. The number of aromatic amines is 1. The number of hydrogen-bond acceptors (Lipinski definition) is 5. The molecule has 2 amide bonds. The molecule has 1 aliphatic rings. The highest BCUT2D eigenvalue weighted by Gasteiger charge is 2.39. The maximum absolute atomic E-state index is 13.3. The van der Waals surface area contributed by atoms with Crippen LogP contribution in [0.4, 0.5) is 23.7 Å². The fourth-order valence-electron chi connectivity index (χ4n) is 3.80. The van der Waals surface area contributed by atoms with E-state index in [1.54, 1.807) is 18.2 Å². The number of nitrogens with one attached hydrogen (secondary N) is 2. The third-order valence-corrected chi connectivity index (χ3v) is 5.20. The second-order valence-electron chi connectivity index (χ2n) is 7.17. The molecule has 33 heavy (non-hydrogen) atoms. The van der Waals surface area contributed by atoms with Crippen molar-refractivity contribution in [2.75, 3.05) is 19.0 Å². The van der Waals surface area contributed by atoms with Crippen molar-refractivity contribution in [3.63, 3.8) is 0 Å². The van der Waals surface area contributed by atoms with Crippen LogP contribution < -0.4 is 10.1 Å². The molecule has 0 radical (unpaired) electrons. The number of H-pyrrole nitrogens is 1. The number of carbonyl (C=O) groups excluding carboxylic acids is 2. The Morgan fingerprint density at radius 2 is 1.88 bits per heavy atom. The molecule has 0 spiro atoms. The third kappa shape index (κ3) is 4.61. The van der Waals surface area contributed by atoms with E-state index in [2.05, 4.69) is 20.0 Å². The van der Waals surface area contributed by atoms with E-state index >= 15 is 0 Å². The zero-order valence-electron chi connectivity index (χ0n) is 17.3. The first-order valence-corrected chi connectivity index (χ1v) is 9.90. The Hall–Kier alpha value is -4.02. The molecule has 172 valence electrons. The zero-order chi connectivity index (χ0) is 23.6. The fraction of sp³-hybridized carbons (Fsp3) is 0.227. The van der Waals surface area contributed by atoms with Gasteiger partial charge < -0.3 is 24.7 Å². The van der Waals surface area contributed by atoms with Crippen LogP contribution in [0.15, 0.2) is 54.9 Å². The maximum atomic E-state index is 13.3. The van der Waals surface area contributed by atoms with E-state index in [1.807, 2.05) is 0 Å². The van der Waals surface area contributed by atoms with Gasteiger partial charge in [-0.25, -0.2) is 14.6 Å². The molecular weight excluding hydrogens is 441 g/mol. The first-order valence-electron chi connectivity index (χ1n) is 9.90. The Kier molecular flexibility index (Phi) is 5.95. The molecule has 0 fully saturated rings. The molecule has 1 unspecified atom stereocenters. The number of alkyl halides is 3. The normalized spacial score (nSPS) is 15.5. The van der Waals surface area contributed by atoms with E-state index < -0.39 is 30.2 Å². The first-order chi connectivity index (χ1) is 15.8. The van der Waals surface area contributed by atoms with Gasteiger partial charge in [-0.1, -0.05) is 30.3 Å². The van der Waals surface area contributed by atoms with Gasteiger partial charge in [0.15, 0.2) is 0 Å². The maximum Gasteiger partial charge on any atom is 0.573 e. The number of imidazole rings is 1. The minimum absolute atomic E-state index is 0.124. The number of halogens is 3. The molecule has 2 aromatic carbocycles. The van der Waals surface area contributed by atoms with Crippen LogP contribution in [-0.2, 0) is 11.2 Å². The summed E-state index contributed by atoms with van der Waals surface area (Å²) in [6, 6.07) is 10.3. The van der Waals surface area contributed by atoms with Crippen LogP contribution in [0.25, 0.3) is 0 Å². The van der Waals surface area contributed by atoms with Crippen LogP contribution >= 0.6 is 0 Å². The van der Waals surface area contributed by atoms with Gasteiger partial charge in [-0.05, 0) is 18.2 Å². The summed E-state index contributed by atoms with van der Waals surface area (Å²) in [5.74, 6) is -1.07. The molecule has 0 aliphatic carbocycles. The van der Waals surface area contributed by atoms with Gasteiger partial charge in [0.05, 0.1) is 30.4 Å². The second-order valence-corrected chi connectivity index (χ2v) is 7.17. The van der Waals surface area contributed by atoms with Crippen molar-refractivity contribution in [1.82, 2.24) is 14.9 Å². The molecule has 4 rings (SSSR count). The Morgan fingerprint density at radius 1 is 1.15 bits per heavy atom. The largest absolute Gasteiger partial charge is 0.573 e. The number of aromatic nitrogens is 2. The summed E-state index contributed by atoms with van der Waals surface area (Å²) in [5.41, 5.74) is 1.60. The number of nitrogens with zero attached hydrogens (tertiary/aromatic N) is 2. The van der Waals surface area contributed by atoms with Crippen molar-refractivity contribution < 1.29 is 32.2 Å². The Balaban J connectivity index is 1.72. The lowest BCUT2D eigenvalue weighted by Gasteiger charge is -2.36. The molecule has 0 bridgehead atoms. The summed E-state index contributed by atoms with van der Waals surface area (Å²) in [6.07, 6.45) is -3.06. The van der Waals surface area contributed by atoms with E-state index in [9.17, 15) is 22.8 Å². The predicted molar refractivity (Wildman–Crippen MR) is 111 cm³/mol. The van der Waals surface area contributed by atoms with Gasteiger partial charge in [-0.2, -0.15) is 0 Å². The zero-order valence-corrected chi connectivity index (χ0v) is 17.3. The second kappa shape index (κ2) is 8.85. The number of para-hydroxylation sites is 2. The molecule has 0 saturated heterocycles. The van der Waals surface area contributed by atoms with Gasteiger partial charge in [0.2, 0.25) is 0 Å². The number of rotatable bonds is 4. The topological polar surface area (TPSA) is 96.6 Å². The lowest BCUT2D eigenvalue weighted by Crippen LogP contribution is -2.43. The number of fused-ring (bicyclic) bond motifs is 1. The highest BCUT2D eigenvalue weighted by atomic mass is 19.4. The highest BCUT2D eigenvalue weighted by molar-refractivity contribution is 6.01. The summed E-state index contributed by atoms with van der Waals surface area (Å²) in [5, 5.41) is 2.67. The van der Waals surface area contributed by atoms with Crippen molar-refractivity contribution >= 4 is 17.7 Å². The van der Waals surface area contributed by atoms with Crippen molar-refractivity contribution in [2.24, 2.45) is 0 Å². The predicted octanol–water partition coefficient (Wildman–Crippen LogP) is 4.27. The van der Waals surface area contributed by atoms with Crippen molar-refractivity contribution in [1.29, 1.82) is 0 Å². The fourth-order valence-corrected chi connectivity index (χ4v) is 3.80. The van der Waals surface area contributed by atoms with Crippen LogP contribution in [0.2, 0.25) is 0 Å². The van der Waals surface area contributed by atoms with Gasteiger partial charge in [-0.15, -0.1) is 13.2 Å². The summed E-state index contributed by atoms with van der Waals surface area (Å²) in [7, 11) is 1.22. The highest BCUT2D eigenvalue weighted by Crippen LogP contribution is 2.39. The number of urea groups is 1. The average molecular weight is 460 g/mol.